The molecule has 2 aromatic carbocycles. The number of carbonyl (C=O) groups excluding carboxylic acids is 2. The van der Waals surface area contributed by atoms with Crippen molar-refractivity contribution < 1.29 is 28.9 Å². The number of aliphatic hydroxyl groups excluding tert-OH is 1. The van der Waals surface area contributed by atoms with Crippen molar-refractivity contribution in [3.63, 3.8) is 0 Å². The van der Waals surface area contributed by atoms with Crippen LogP contribution in [0, 0.1) is 0 Å². The van der Waals surface area contributed by atoms with Crippen LogP contribution in [0.5, 0.6) is 11.5 Å². The Labute approximate surface area is 205 Å². The number of anilines is 1. The number of carbonyl (C=O) groups is 2. The van der Waals surface area contributed by atoms with E-state index in [1.165, 1.54) is 0 Å². The number of nitrogens with one attached hydrogen (secondary N) is 2. The number of para-hydroxylation sites is 1. The SMILES string of the molecule is COc1ccccc1CNC(=O)C[C@@H]1C[C@H]2c3cc(NC(=O)CN(C)C)ccc3O[C@H]2[C@@H](CO)O1. The second-order valence-electron chi connectivity index (χ2n) is 9.24. The molecular weight excluding hydrogens is 450 g/mol. The average Bonchev–Trinajstić information content (AvgIpc) is 3.19. The minimum absolute atomic E-state index is 0.0476. The van der Waals surface area contributed by atoms with E-state index < -0.39 is 6.10 Å². The number of fused-ring (bicyclic) bond motifs is 3. The van der Waals surface area contributed by atoms with Crippen molar-refractivity contribution >= 4 is 17.5 Å². The summed E-state index contributed by atoms with van der Waals surface area (Å²) in [4.78, 5) is 26.7. The van der Waals surface area contributed by atoms with Crippen LogP contribution in [0.15, 0.2) is 42.5 Å². The molecule has 188 valence electrons. The number of amides is 2. The highest BCUT2D eigenvalue weighted by molar-refractivity contribution is 5.92. The monoisotopic (exact) mass is 483 g/mol. The molecule has 4 rings (SSSR count). The maximum Gasteiger partial charge on any atom is 0.238 e. The van der Waals surface area contributed by atoms with Gasteiger partial charge in [0.05, 0.1) is 32.8 Å². The van der Waals surface area contributed by atoms with Gasteiger partial charge in [-0.1, -0.05) is 18.2 Å². The molecule has 0 aromatic heterocycles. The van der Waals surface area contributed by atoms with Crippen molar-refractivity contribution in [2.24, 2.45) is 0 Å². The Kier molecular flexibility index (Phi) is 7.90. The van der Waals surface area contributed by atoms with Crippen LogP contribution in [0.4, 0.5) is 5.69 Å². The minimum atomic E-state index is -0.542. The summed E-state index contributed by atoms with van der Waals surface area (Å²) < 4.78 is 17.5. The number of hydrogen-bond acceptors (Lipinski definition) is 7. The predicted octanol–water partition coefficient (Wildman–Crippen LogP) is 1.90. The zero-order chi connectivity index (χ0) is 24.9. The number of methoxy groups -OCH3 is 1. The van der Waals surface area contributed by atoms with Gasteiger partial charge in [0.1, 0.15) is 23.7 Å². The van der Waals surface area contributed by atoms with Crippen molar-refractivity contribution in [1.82, 2.24) is 10.2 Å². The summed E-state index contributed by atoms with van der Waals surface area (Å²) >= 11 is 0. The number of benzene rings is 2. The number of nitrogens with zero attached hydrogens (tertiary/aromatic N) is 1. The van der Waals surface area contributed by atoms with Gasteiger partial charge in [-0.15, -0.1) is 0 Å². The molecule has 3 N–H and O–H groups in total. The van der Waals surface area contributed by atoms with Crippen LogP contribution in [0.2, 0.25) is 0 Å². The van der Waals surface area contributed by atoms with E-state index in [1.54, 1.807) is 18.1 Å². The van der Waals surface area contributed by atoms with Gasteiger partial charge in [0, 0.05) is 29.3 Å². The molecule has 0 aliphatic carbocycles. The molecule has 35 heavy (non-hydrogen) atoms. The first-order chi connectivity index (χ1) is 16.9. The smallest absolute Gasteiger partial charge is 0.238 e. The van der Waals surface area contributed by atoms with Crippen LogP contribution >= 0.6 is 0 Å². The molecule has 2 aliphatic rings. The van der Waals surface area contributed by atoms with E-state index in [0.717, 1.165) is 16.9 Å². The zero-order valence-electron chi connectivity index (χ0n) is 20.3. The fourth-order valence-corrected chi connectivity index (χ4v) is 4.78. The molecule has 0 bridgehead atoms. The largest absolute Gasteiger partial charge is 0.496 e. The van der Waals surface area contributed by atoms with Gasteiger partial charge in [-0.3, -0.25) is 9.59 Å². The molecule has 2 amide bonds. The Morgan fingerprint density at radius 3 is 2.71 bits per heavy atom. The topological polar surface area (TPSA) is 109 Å². The molecule has 9 nitrogen and oxygen atoms in total. The Bertz CT molecular complexity index is 1060. The highest BCUT2D eigenvalue weighted by atomic mass is 16.6. The second-order valence-corrected chi connectivity index (χ2v) is 9.24. The van der Waals surface area contributed by atoms with Crippen molar-refractivity contribution in [2.45, 2.75) is 43.6 Å². The van der Waals surface area contributed by atoms with Gasteiger partial charge in [0.15, 0.2) is 0 Å². The van der Waals surface area contributed by atoms with Crippen molar-refractivity contribution in [3.8, 4) is 11.5 Å². The molecule has 2 heterocycles. The summed E-state index contributed by atoms with van der Waals surface area (Å²) in [6.45, 7) is 0.431. The summed E-state index contributed by atoms with van der Waals surface area (Å²) in [5.74, 6) is 1.15. The first kappa shape index (κ1) is 25.0. The minimum Gasteiger partial charge on any atom is -0.496 e. The predicted molar refractivity (Wildman–Crippen MR) is 131 cm³/mol. The first-order valence-electron chi connectivity index (χ1n) is 11.8. The lowest BCUT2D eigenvalue weighted by Crippen LogP contribution is -2.47. The third kappa shape index (κ3) is 5.93. The highest BCUT2D eigenvalue weighted by Crippen LogP contribution is 2.47. The Hall–Kier alpha value is -3.14. The van der Waals surface area contributed by atoms with Crippen LogP contribution in [0.1, 0.15) is 29.9 Å². The molecule has 0 spiro atoms. The van der Waals surface area contributed by atoms with Gasteiger partial charge < -0.3 is 34.9 Å². The van der Waals surface area contributed by atoms with Gasteiger partial charge in [-0.05, 0) is 44.8 Å². The van der Waals surface area contributed by atoms with E-state index in [9.17, 15) is 14.7 Å². The van der Waals surface area contributed by atoms with Gasteiger partial charge >= 0.3 is 0 Å². The molecule has 1 fully saturated rings. The molecule has 0 saturated carbocycles. The van der Waals surface area contributed by atoms with Crippen LogP contribution in [0.25, 0.3) is 0 Å². The van der Waals surface area contributed by atoms with E-state index in [0.29, 0.717) is 24.4 Å². The Morgan fingerprint density at radius 1 is 1.17 bits per heavy atom. The van der Waals surface area contributed by atoms with Crippen LogP contribution in [-0.4, -0.2) is 74.5 Å². The summed E-state index contributed by atoms with van der Waals surface area (Å²) in [7, 11) is 5.28. The summed E-state index contributed by atoms with van der Waals surface area (Å²) in [5.41, 5.74) is 2.54. The number of hydrogen-bond donors (Lipinski definition) is 3. The van der Waals surface area contributed by atoms with E-state index in [1.807, 2.05) is 50.5 Å². The van der Waals surface area contributed by atoms with Crippen molar-refractivity contribution in [2.75, 3.05) is 39.7 Å². The average molecular weight is 484 g/mol. The molecule has 2 aliphatic heterocycles. The Balaban J connectivity index is 1.41. The third-order valence-corrected chi connectivity index (χ3v) is 6.32. The van der Waals surface area contributed by atoms with Gasteiger partial charge in [-0.2, -0.15) is 0 Å². The molecule has 2 aromatic rings. The van der Waals surface area contributed by atoms with Crippen LogP contribution in [-0.2, 0) is 20.9 Å². The number of likely N-dealkylation sites (N-methyl/N-ethyl adjacent to an activating group) is 1. The van der Waals surface area contributed by atoms with E-state index >= 15 is 0 Å². The molecule has 0 radical (unpaired) electrons. The van der Waals surface area contributed by atoms with Gasteiger partial charge in [0.2, 0.25) is 11.8 Å². The third-order valence-electron chi connectivity index (χ3n) is 6.32. The van der Waals surface area contributed by atoms with E-state index in [4.69, 9.17) is 14.2 Å². The Morgan fingerprint density at radius 2 is 1.97 bits per heavy atom. The summed E-state index contributed by atoms with van der Waals surface area (Å²) in [6, 6.07) is 13.1. The number of aliphatic hydroxyl groups is 1. The van der Waals surface area contributed by atoms with E-state index in [2.05, 4.69) is 10.6 Å². The maximum absolute atomic E-state index is 12.7. The zero-order valence-corrected chi connectivity index (χ0v) is 20.3. The normalized spacial score (nSPS) is 22.7. The molecule has 4 atom stereocenters. The number of rotatable bonds is 9. The fourth-order valence-electron chi connectivity index (χ4n) is 4.78. The molecule has 0 unspecified atom stereocenters. The van der Waals surface area contributed by atoms with Gasteiger partial charge in [0.25, 0.3) is 0 Å². The lowest BCUT2D eigenvalue weighted by atomic mass is 9.84. The molecule has 9 heteroatoms. The second kappa shape index (κ2) is 11.1. The summed E-state index contributed by atoms with van der Waals surface area (Å²) in [6.07, 6.45) is -0.502. The molecular formula is C26H33N3O6. The lowest BCUT2D eigenvalue weighted by Gasteiger charge is -2.37. The maximum atomic E-state index is 12.7. The van der Waals surface area contributed by atoms with Crippen molar-refractivity contribution in [3.05, 3.63) is 53.6 Å². The van der Waals surface area contributed by atoms with E-state index in [-0.39, 0.29) is 49.5 Å². The van der Waals surface area contributed by atoms with Crippen LogP contribution < -0.4 is 20.1 Å². The quantitative estimate of drug-likeness (QED) is 0.500. The fraction of sp³-hybridized carbons (Fsp3) is 0.462. The van der Waals surface area contributed by atoms with Gasteiger partial charge in [-0.25, -0.2) is 0 Å². The van der Waals surface area contributed by atoms with Crippen LogP contribution in [0.3, 0.4) is 0 Å². The highest BCUT2D eigenvalue weighted by Gasteiger charge is 2.46. The molecule has 1 saturated heterocycles. The first-order valence-corrected chi connectivity index (χ1v) is 11.8. The lowest BCUT2D eigenvalue weighted by molar-refractivity contribution is -0.142. The standard InChI is InChI=1S/C26H33N3O6/c1-29(2)14-25(32)28-17-8-9-22-19(10-17)20-11-18(34-23(15-30)26(20)35-22)12-24(31)27-13-16-6-4-5-7-21(16)33-3/h4-10,18,20,23,26,30H,11-15H2,1-3H3,(H,27,31)(H,28,32)/t18-,20-,23+,26+/m0/s1. The summed E-state index contributed by atoms with van der Waals surface area (Å²) in [5, 5.41) is 15.8. The van der Waals surface area contributed by atoms with Crippen molar-refractivity contribution in [1.29, 1.82) is 0 Å². The number of ether oxygens (including phenoxy) is 3.